The number of hydrogen-bond donors (Lipinski definition) is 1. The van der Waals surface area contributed by atoms with Crippen LogP contribution in [-0.4, -0.2) is 16.8 Å². The molecule has 0 saturated heterocycles. The van der Waals surface area contributed by atoms with E-state index >= 15 is 0 Å². The number of rotatable bonds is 3. The zero-order chi connectivity index (χ0) is 12.4. The van der Waals surface area contributed by atoms with Crippen molar-refractivity contribution in [3.63, 3.8) is 0 Å². The summed E-state index contributed by atoms with van der Waals surface area (Å²) in [6, 6.07) is 6.12. The Labute approximate surface area is 106 Å². The molecule has 1 aromatic heterocycles. The summed E-state index contributed by atoms with van der Waals surface area (Å²) < 4.78 is 1.81. The molecule has 0 saturated carbocycles. The Bertz CT molecular complexity index is 519. The molecule has 2 rings (SSSR count). The second kappa shape index (κ2) is 4.90. The minimum atomic E-state index is 0.154. The first kappa shape index (κ1) is 12.1. The molecule has 0 fully saturated rings. The van der Waals surface area contributed by atoms with Crippen molar-refractivity contribution in [1.82, 2.24) is 15.1 Å². The van der Waals surface area contributed by atoms with Gasteiger partial charge in [0, 0.05) is 23.8 Å². The van der Waals surface area contributed by atoms with Crippen LogP contribution in [0.25, 0.3) is 0 Å². The Morgan fingerprint density at radius 2 is 2.18 bits per heavy atom. The van der Waals surface area contributed by atoms with E-state index in [2.05, 4.69) is 23.4 Å². The second-order valence-corrected chi connectivity index (χ2v) is 4.61. The highest BCUT2D eigenvalue weighted by Crippen LogP contribution is 2.26. The van der Waals surface area contributed by atoms with E-state index < -0.39 is 0 Å². The first-order chi connectivity index (χ1) is 8.11. The van der Waals surface area contributed by atoms with E-state index in [1.54, 1.807) is 0 Å². The third-order valence-corrected chi connectivity index (χ3v) is 3.12. The van der Waals surface area contributed by atoms with Crippen molar-refractivity contribution in [3.05, 3.63) is 52.3 Å². The molecule has 17 heavy (non-hydrogen) atoms. The number of benzene rings is 1. The summed E-state index contributed by atoms with van der Waals surface area (Å²) in [5, 5.41) is 8.29. The van der Waals surface area contributed by atoms with Gasteiger partial charge in [-0.15, -0.1) is 0 Å². The lowest BCUT2D eigenvalue weighted by atomic mass is 9.97. The van der Waals surface area contributed by atoms with Gasteiger partial charge in [-0.05, 0) is 37.2 Å². The fourth-order valence-corrected chi connectivity index (χ4v) is 2.28. The molecule has 0 spiro atoms. The van der Waals surface area contributed by atoms with Crippen LogP contribution in [0.2, 0.25) is 5.02 Å². The molecule has 2 aromatic rings. The van der Waals surface area contributed by atoms with E-state index in [1.807, 2.05) is 43.3 Å². The maximum absolute atomic E-state index is 5.98. The first-order valence-electron chi connectivity index (χ1n) is 5.53. The molecule has 1 N–H and O–H groups in total. The summed E-state index contributed by atoms with van der Waals surface area (Å²) in [7, 11) is 3.87. The predicted octanol–water partition coefficient (Wildman–Crippen LogP) is 2.69. The van der Waals surface area contributed by atoms with Gasteiger partial charge in [-0.3, -0.25) is 4.68 Å². The lowest BCUT2D eigenvalue weighted by molar-refractivity contribution is 0.685. The Kier molecular flexibility index (Phi) is 3.50. The number of nitrogens with zero attached hydrogens (tertiary/aromatic N) is 2. The second-order valence-electron chi connectivity index (χ2n) is 4.17. The van der Waals surface area contributed by atoms with Crippen molar-refractivity contribution < 1.29 is 0 Å². The average Bonchev–Trinajstić information content (AvgIpc) is 2.69. The molecule has 3 nitrogen and oxygen atoms in total. The standard InChI is InChI=1S/C13H16ClN3/c1-9-6-11(14)4-5-12(9)13(15-2)10-7-16-17(3)8-10/h4-8,13,15H,1-3H3. The molecule has 1 heterocycles. The Hall–Kier alpha value is -1.32. The molecule has 0 aliphatic rings. The number of hydrogen-bond acceptors (Lipinski definition) is 2. The molecule has 4 heteroatoms. The van der Waals surface area contributed by atoms with Crippen LogP contribution in [-0.2, 0) is 7.05 Å². The Morgan fingerprint density at radius 3 is 2.71 bits per heavy atom. The molecule has 1 atom stereocenters. The Balaban J connectivity index is 2.42. The largest absolute Gasteiger partial charge is 0.309 e. The first-order valence-corrected chi connectivity index (χ1v) is 5.91. The average molecular weight is 250 g/mol. The van der Waals surface area contributed by atoms with Crippen LogP contribution in [0.5, 0.6) is 0 Å². The molecule has 1 aromatic carbocycles. The SMILES string of the molecule is CNC(c1cnn(C)c1)c1ccc(Cl)cc1C. The lowest BCUT2D eigenvalue weighted by Crippen LogP contribution is -2.18. The van der Waals surface area contributed by atoms with Gasteiger partial charge in [0.2, 0.25) is 0 Å². The molecule has 0 aliphatic heterocycles. The molecule has 0 amide bonds. The molecule has 0 radical (unpaired) electrons. The topological polar surface area (TPSA) is 29.9 Å². The smallest absolute Gasteiger partial charge is 0.0608 e. The van der Waals surface area contributed by atoms with Crippen molar-refractivity contribution in [3.8, 4) is 0 Å². The minimum absolute atomic E-state index is 0.154. The van der Waals surface area contributed by atoms with Crippen molar-refractivity contribution >= 4 is 11.6 Å². The fraction of sp³-hybridized carbons (Fsp3) is 0.308. The fourth-order valence-electron chi connectivity index (χ4n) is 2.05. The van der Waals surface area contributed by atoms with Gasteiger partial charge in [-0.2, -0.15) is 5.10 Å². The van der Waals surface area contributed by atoms with Crippen LogP contribution >= 0.6 is 11.6 Å². The highest BCUT2D eigenvalue weighted by Gasteiger charge is 2.15. The lowest BCUT2D eigenvalue weighted by Gasteiger charge is -2.17. The molecule has 90 valence electrons. The van der Waals surface area contributed by atoms with Crippen molar-refractivity contribution in [1.29, 1.82) is 0 Å². The zero-order valence-corrected chi connectivity index (χ0v) is 11.0. The van der Waals surface area contributed by atoms with Crippen LogP contribution in [0, 0.1) is 6.92 Å². The summed E-state index contributed by atoms with van der Waals surface area (Å²) in [4.78, 5) is 0. The minimum Gasteiger partial charge on any atom is -0.309 e. The van der Waals surface area contributed by atoms with Gasteiger partial charge in [-0.1, -0.05) is 17.7 Å². The van der Waals surface area contributed by atoms with Gasteiger partial charge >= 0.3 is 0 Å². The Morgan fingerprint density at radius 1 is 1.41 bits per heavy atom. The summed E-state index contributed by atoms with van der Waals surface area (Å²) in [6.07, 6.45) is 3.91. The highest BCUT2D eigenvalue weighted by molar-refractivity contribution is 6.30. The van der Waals surface area contributed by atoms with Gasteiger partial charge < -0.3 is 5.32 Å². The maximum atomic E-state index is 5.98. The van der Waals surface area contributed by atoms with Crippen molar-refractivity contribution in [2.24, 2.45) is 7.05 Å². The van der Waals surface area contributed by atoms with Gasteiger partial charge in [0.1, 0.15) is 0 Å². The third kappa shape index (κ3) is 2.51. The van der Waals surface area contributed by atoms with E-state index in [1.165, 1.54) is 11.1 Å². The van der Waals surface area contributed by atoms with Gasteiger partial charge in [-0.25, -0.2) is 0 Å². The zero-order valence-electron chi connectivity index (χ0n) is 10.2. The maximum Gasteiger partial charge on any atom is 0.0608 e. The van der Waals surface area contributed by atoms with Crippen molar-refractivity contribution in [2.45, 2.75) is 13.0 Å². The molecule has 0 bridgehead atoms. The molecular formula is C13H16ClN3. The number of aryl methyl sites for hydroxylation is 2. The monoisotopic (exact) mass is 249 g/mol. The van der Waals surface area contributed by atoms with E-state index in [0.29, 0.717) is 0 Å². The number of halogens is 1. The molecule has 1 unspecified atom stereocenters. The molecule has 0 aliphatic carbocycles. The summed E-state index contributed by atoms with van der Waals surface area (Å²) >= 11 is 5.98. The van der Waals surface area contributed by atoms with Gasteiger partial charge in [0.05, 0.1) is 12.2 Å². The van der Waals surface area contributed by atoms with E-state index in [9.17, 15) is 0 Å². The summed E-state index contributed by atoms with van der Waals surface area (Å²) in [5.74, 6) is 0. The predicted molar refractivity (Wildman–Crippen MR) is 70.3 cm³/mol. The molecular weight excluding hydrogens is 234 g/mol. The number of nitrogens with one attached hydrogen (secondary N) is 1. The van der Waals surface area contributed by atoms with Gasteiger partial charge in [0.15, 0.2) is 0 Å². The normalized spacial score (nSPS) is 12.7. The quantitative estimate of drug-likeness (QED) is 0.907. The van der Waals surface area contributed by atoms with Crippen LogP contribution < -0.4 is 5.32 Å². The highest BCUT2D eigenvalue weighted by atomic mass is 35.5. The summed E-state index contributed by atoms with van der Waals surface area (Å²) in [5.41, 5.74) is 3.56. The van der Waals surface area contributed by atoms with Crippen LogP contribution in [0.3, 0.4) is 0 Å². The van der Waals surface area contributed by atoms with E-state index in [-0.39, 0.29) is 6.04 Å². The number of aromatic nitrogens is 2. The third-order valence-electron chi connectivity index (χ3n) is 2.89. The van der Waals surface area contributed by atoms with Crippen LogP contribution in [0.15, 0.2) is 30.6 Å². The van der Waals surface area contributed by atoms with E-state index in [4.69, 9.17) is 11.6 Å². The van der Waals surface area contributed by atoms with Crippen molar-refractivity contribution in [2.75, 3.05) is 7.05 Å². The van der Waals surface area contributed by atoms with Gasteiger partial charge in [0.25, 0.3) is 0 Å². The van der Waals surface area contributed by atoms with E-state index in [0.717, 1.165) is 10.6 Å². The van der Waals surface area contributed by atoms with Crippen LogP contribution in [0.4, 0.5) is 0 Å². The summed E-state index contributed by atoms with van der Waals surface area (Å²) in [6.45, 7) is 2.07. The van der Waals surface area contributed by atoms with Crippen LogP contribution in [0.1, 0.15) is 22.7 Å².